The number of methoxy groups -OCH3 is 1. The molecule has 28 heavy (non-hydrogen) atoms. The number of hydrogen-bond acceptors (Lipinski definition) is 5. The number of amides is 3. The molecule has 1 heterocycles. The molecular formula is C20H22N4O4. The van der Waals surface area contributed by atoms with Crippen LogP contribution in [0, 0.1) is 0 Å². The number of carbonyl (C=O) groups is 3. The van der Waals surface area contributed by atoms with Crippen molar-refractivity contribution in [3.8, 4) is 5.75 Å². The molecule has 8 heteroatoms. The van der Waals surface area contributed by atoms with Crippen LogP contribution in [-0.2, 0) is 9.59 Å². The number of para-hydroxylation sites is 1. The van der Waals surface area contributed by atoms with Gasteiger partial charge >= 0.3 is 0 Å². The van der Waals surface area contributed by atoms with Crippen molar-refractivity contribution in [1.29, 1.82) is 0 Å². The smallest absolute Gasteiger partial charge is 0.257 e. The van der Waals surface area contributed by atoms with Gasteiger partial charge in [-0.25, -0.2) is 0 Å². The predicted octanol–water partition coefficient (Wildman–Crippen LogP) is 1.32. The van der Waals surface area contributed by atoms with Crippen molar-refractivity contribution >= 4 is 29.1 Å². The van der Waals surface area contributed by atoms with E-state index in [-0.39, 0.29) is 30.8 Å². The SMILES string of the molecule is COc1ccc(NC(=O)c2ccccc2NC(=O)CN2CCNC(=O)C2)cc1. The molecule has 0 spiro atoms. The van der Waals surface area contributed by atoms with E-state index in [2.05, 4.69) is 16.0 Å². The second-order valence-corrected chi connectivity index (χ2v) is 6.34. The molecule has 0 radical (unpaired) electrons. The van der Waals surface area contributed by atoms with Gasteiger partial charge < -0.3 is 20.7 Å². The van der Waals surface area contributed by atoms with Gasteiger partial charge in [-0.2, -0.15) is 0 Å². The lowest BCUT2D eigenvalue weighted by atomic mass is 10.1. The summed E-state index contributed by atoms with van der Waals surface area (Å²) in [6.07, 6.45) is 0. The number of hydrogen-bond donors (Lipinski definition) is 3. The molecular weight excluding hydrogens is 360 g/mol. The summed E-state index contributed by atoms with van der Waals surface area (Å²) < 4.78 is 5.10. The van der Waals surface area contributed by atoms with E-state index >= 15 is 0 Å². The minimum Gasteiger partial charge on any atom is -0.497 e. The van der Waals surface area contributed by atoms with Crippen LogP contribution in [-0.4, -0.2) is 55.9 Å². The molecule has 0 aliphatic carbocycles. The van der Waals surface area contributed by atoms with Crippen molar-refractivity contribution in [2.24, 2.45) is 0 Å². The Hall–Kier alpha value is -3.39. The van der Waals surface area contributed by atoms with Gasteiger partial charge in [-0.15, -0.1) is 0 Å². The number of nitrogens with zero attached hydrogens (tertiary/aromatic N) is 1. The third-order valence-electron chi connectivity index (χ3n) is 4.28. The van der Waals surface area contributed by atoms with Crippen LogP contribution in [0.4, 0.5) is 11.4 Å². The Kier molecular flexibility index (Phi) is 6.23. The number of piperazine rings is 1. The Morgan fingerprint density at radius 2 is 1.86 bits per heavy atom. The van der Waals surface area contributed by atoms with Crippen molar-refractivity contribution in [2.45, 2.75) is 0 Å². The number of ether oxygens (including phenoxy) is 1. The monoisotopic (exact) mass is 382 g/mol. The Labute approximate surface area is 162 Å². The first-order valence-electron chi connectivity index (χ1n) is 8.88. The summed E-state index contributed by atoms with van der Waals surface area (Å²) in [6.45, 7) is 1.40. The van der Waals surface area contributed by atoms with E-state index in [0.717, 1.165) is 0 Å². The highest BCUT2D eigenvalue weighted by Gasteiger charge is 2.20. The largest absolute Gasteiger partial charge is 0.497 e. The van der Waals surface area contributed by atoms with Gasteiger partial charge in [0.25, 0.3) is 5.91 Å². The lowest BCUT2D eigenvalue weighted by Crippen LogP contribution is -2.49. The highest BCUT2D eigenvalue weighted by atomic mass is 16.5. The molecule has 2 aromatic rings. The molecule has 3 amide bonds. The minimum absolute atomic E-state index is 0.0852. The van der Waals surface area contributed by atoms with Crippen molar-refractivity contribution in [2.75, 3.05) is 43.9 Å². The summed E-state index contributed by atoms with van der Waals surface area (Å²) in [4.78, 5) is 38.2. The van der Waals surface area contributed by atoms with E-state index < -0.39 is 0 Å². The fourth-order valence-electron chi connectivity index (χ4n) is 2.88. The van der Waals surface area contributed by atoms with E-state index in [4.69, 9.17) is 4.74 Å². The van der Waals surface area contributed by atoms with Gasteiger partial charge in [0, 0.05) is 18.8 Å². The maximum absolute atomic E-state index is 12.6. The summed E-state index contributed by atoms with van der Waals surface area (Å²) in [7, 11) is 1.57. The standard InChI is InChI=1S/C20H22N4O4/c1-28-15-8-6-14(7-9-15)22-20(27)16-4-2-3-5-17(16)23-19(26)13-24-11-10-21-18(25)12-24/h2-9H,10-13H2,1H3,(H,21,25)(H,22,27)(H,23,26). The zero-order valence-corrected chi connectivity index (χ0v) is 15.5. The van der Waals surface area contributed by atoms with Crippen LogP contribution >= 0.6 is 0 Å². The van der Waals surface area contributed by atoms with Gasteiger partial charge in [0.15, 0.2) is 0 Å². The molecule has 3 rings (SSSR count). The Bertz CT molecular complexity index is 867. The van der Waals surface area contributed by atoms with Gasteiger partial charge in [-0.3, -0.25) is 19.3 Å². The first-order valence-corrected chi connectivity index (χ1v) is 8.88. The second kappa shape index (κ2) is 9.01. The topological polar surface area (TPSA) is 99.8 Å². The second-order valence-electron chi connectivity index (χ2n) is 6.34. The number of carbonyl (C=O) groups excluding carboxylic acids is 3. The van der Waals surface area contributed by atoms with Crippen LogP contribution in [0.15, 0.2) is 48.5 Å². The van der Waals surface area contributed by atoms with Crippen molar-refractivity contribution < 1.29 is 19.1 Å². The van der Waals surface area contributed by atoms with E-state index in [9.17, 15) is 14.4 Å². The first kappa shape index (κ1) is 19.4. The maximum Gasteiger partial charge on any atom is 0.257 e. The minimum atomic E-state index is -0.335. The molecule has 2 aromatic carbocycles. The normalized spacial score (nSPS) is 14.1. The molecule has 0 unspecified atom stereocenters. The van der Waals surface area contributed by atoms with Crippen LogP contribution in [0.1, 0.15) is 10.4 Å². The molecule has 1 saturated heterocycles. The van der Waals surface area contributed by atoms with Crippen molar-refractivity contribution in [1.82, 2.24) is 10.2 Å². The average molecular weight is 382 g/mol. The van der Waals surface area contributed by atoms with Gasteiger partial charge in [0.05, 0.1) is 31.5 Å². The Morgan fingerprint density at radius 1 is 1.11 bits per heavy atom. The highest BCUT2D eigenvalue weighted by molar-refractivity contribution is 6.10. The summed E-state index contributed by atoms with van der Waals surface area (Å²) in [5.41, 5.74) is 1.38. The Morgan fingerprint density at radius 3 is 2.57 bits per heavy atom. The molecule has 3 N–H and O–H groups in total. The van der Waals surface area contributed by atoms with Crippen LogP contribution < -0.4 is 20.7 Å². The third-order valence-corrected chi connectivity index (χ3v) is 4.28. The van der Waals surface area contributed by atoms with Crippen molar-refractivity contribution in [3.05, 3.63) is 54.1 Å². The lowest BCUT2D eigenvalue weighted by molar-refractivity contribution is -0.125. The van der Waals surface area contributed by atoms with E-state index in [0.29, 0.717) is 35.8 Å². The zero-order chi connectivity index (χ0) is 19.9. The third kappa shape index (κ3) is 5.08. The molecule has 1 aliphatic rings. The number of rotatable bonds is 6. The number of anilines is 2. The number of nitrogens with one attached hydrogen (secondary N) is 3. The lowest BCUT2D eigenvalue weighted by Gasteiger charge is -2.25. The molecule has 1 aliphatic heterocycles. The van der Waals surface area contributed by atoms with Crippen molar-refractivity contribution in [3.63, 3.8) is 0 Å². The fraction of sp³-hybridized carbons (Fsp3) is 0.250. The average Bonchev–Trinajstić information content (AvgIpc) is 2.69. The summed E-state index contributed by atoms with van der Waals surface area (Å²) in [5.74, 6) is -0.0202. The summed E-state index contributed by atoms with van der Waals surface area (Å²) in [5, 5.41) is 8.28. The van der Waals surface area contributed by atoms with Crippen LogP contribution in [0.2, 0.25) is 0 Å². The zero-order valence-electron chi connectivity index (χ0n) is 15.5. The summed E-state index contributed by atoms with van der Waals surface area (Å²) in [6, 6.07) is 13.8. The molecule has 0 saturated carbocycles. The highest BCUT2D eigenvalue weighted by Crippen LogP contribution is 2.19. The molecule has 0 aromatic heterocycles. The van der Waals surface area contributed by atoms with E-state index in [1.807, 2.05) is 0 Å². The first-order chi connectivity index (χ1) is 13.5. The summed E-state index contributed by atoms with van der Waals surface area (Å²) >= 11 is 0. The van der Waals surface area contributed by atoms with Crippen LogP contribution in [0.5, 0.6) is 5.75 Å². The molecule has 8 nitrogen and oxygen atoms in total. The van der Waals surface area contributed by atoms with Crippen LogP contribution in [0.25, 0.3) is 0 Å². The predicted molar refractivity (Wildman–Crippen MR) is 105 cm³/mol. The van der Waals surface area contributed by atoms with E-state index in [1.165, 1.54) is 0 Å². The molecule has 1 fully saturated rings. The van der Waals surface area contributed by atoms with E-state index in [1.54, 1.807) is 60.5 Å². The molecule has 0 bridgehead atoms. The van der Waals surface area contributed by atoms with Gasteiger partial charge in [0.2, 0.25) is 11.8 Å². The fourth-order valence-corrected chi connectivity index (χ4v) is 2.88. The maximum atomic E-state index is 12.6. The van der Waals surface area contributed by atoms with Gasteiger partial charge in [0.1, 0.15) is 5.75 Å². The molecule has 146 valence electrons. The quantitative estimate of drug-likeness (QED) is 0.700. The van der Waals surface area contributed by atoms with Crippen LogP contribution in [0.3, 0.4) is 0 Å². The molecule has 0 atom stereocenters. The number of benzene rings is 2. The Balaban J connectivity index is 1.65. The van der Waals surface area contributed by atoms with Gasteiger partial charge in [-0.1, -0.05) is 12.1 Å². The van der Waals surface area contributed by atoms with Gasteiger partial charge in [-0.05, 0) is 36.4 Å².